The number of nitrogens with zero attached hydrogens (tertiary/aromatic N) is 1. The number of thioether (sulfide) groups is 1. The third kappa shape index (κ3) is 4.63. The first-order valence-electron chi connectivity index (χ1n) is 11.1. The monoisotopic (exact) mass is 454 g/mol. The summed E-state index contributed by atoms with van der Waals surface area (Å²) in [5.74, 6) is 0.270. The van der Waals surface area contributed by atoms with Gasteiger partial charge in [-0.3, -0.25) is 9.69 Å². The molecular formula is C26H31FN2O2S. The maximum absolute atomic E-state index is 13.3. The number of carbonyl (C=O) groups excluding carboxylic acids is 1. The van der Waals surface area contributed by atoms with Crippen LogP contribution in [0.5, 0.6) is 0 Å². The van der Waals surface area contributed by atoms with Crippen LogP contribution in [0.1, 0.15) is 35.6 Å². The van der Waals surface area contributed by atoms with Crippen LogP contribution >= 0.6 is 11.8 Å². The first-order chi connectivity index (χ1) is 15.6. The minimum atomic E-state index is -0.203. The van der Waals surface area contributed by atoms with E-state index in [9.17, 15) is 9.18 Å². The van der Waals surface area contributed by atoms with Crippen molar-refractivity contribution in [2.45, 2.75) is 36.9 Å². The van der Waals surface area contributed by atoms with Crippen molar-refractivity contribution in [3.8, 4) is 0 Å². The van der Waals surface area contributed by atoms with Gasteiger partial charge in [0.05, 0.1) is 24.5 Å². The summed E-state index contributed by atoms with van der Waals surface area (Å²) in [5.41, 5.74) is 3.44. The van der Waals surface area contributed by atoms with Crippen LogP contribution in [0.3, 0.4) is 0 Å². The van der Waals surface area contributed by atoms with Crippen molar-refractivity contribution in [3.63, 3.8) is 0 Å². The zero-order chi connectivity index (χ0) is 22.6. The molecule has 6 heteroatoms. The zero-order valence-corrected chi connectivity index (χ0v) is 19.4. The molecule has 4 nitrogen and oxygen atoms in total. The summed E-state index contributed by atoms with van der Waals surface area (Å²) in [6.45, 7) is 6.94. The highest BCUT2D eigenvalue weighted by atomic mass is 32.2. The molecule has 1 fully saturated rings. The molecule has 1 aliphatic carbocycles. The minimum absolute atomic E-state index is 0.0373. The lowest BCUT2D eigenvalue weighted by atomic mass is 9.71. The van der Waals surface area contributed by atoms with Crippen LogP contribution in [0.2, 0.25) is 0 Å². The van der Waals surface area contributed by atoms with Crippen molar-refractivity contribution < 1.29 is 13.9 Å². The first-order valence-corrected chi connectivity index (χ1v) is 12.5. The summed E-state index contributed by atoms with van der Waals surface area (Å²) >= 11 is 1.52. The van der Waals surface area contributed by atoms with Crippen molar-refractivity contribution in [3.05, 3.63) is 83.7 Å². The maximum atomic E-state index is 13.3. The van der Waals surface area contributed by atoms with Gasteiger partial charge in [-0.15, -0.1) is 6.58 Å². The Bertz CT molecular complexity index is 941. The Kier molecular flexibility index (Phi) is 7.33. The summed E-state index contributed by atoms with van der Waals surface area (Å²) in [6, 6.07) is 15.1. The van der Waals surface area contributed by atoms with Gasteiger partial charge >= 0.3 is 0 Å². The van der Waals surface area contributed by atoms with Crippen molar-refractivity contribution in [2.24, 2.45) is 0 Å². The van der Waals surface area contributed by atoms with Gasteiger partial charge in [-0.05, 0) is 61.0 Å². The lowest BCUT2D eigenvalue weighted by Crippen LogP contribution is -2.50. The van der Waals surface area contributed by atoms with E-state index in [1.54, 1.807) is 6.08 Å². The number of ether oxygens (including phenoxy) is 1. The highest BCUT2D eigenvalue weighted by molar-refractivity contribution is 7.99. The number of rotatable bonds is 8. The van der Waals surface area contributed by atoms with Crippen LogP contribution in [0.15, 0.2) is 61.2 Å². The van der Waals surface area contributed by atoms with Gasteiger partial charge in [0.15, 0.2) is 0 Å². The van der Waals surface area contributed by atoms with Gasteiger partial charge in [0.2, 0.25) is 5.91 Å². The van der Waals surface area contributed by atoms with E-state index >= 15 is 0 Å². The number of halogens is 1. The second-order valence-electron chi connectivity index (χ2n) is 8.67. The molecule has 4 rings (SSSR count). The standard InChI is InChI=1S/C26H31FN2O2S/c1-3-16-31-25-24(28-23(30)18-32-2)21-6-4-5-7-22(21)26(25)12-14-29(15-13-26)17-19-8-10-20(27)11-9-19/h3-11,24-25H,1,12-18H2,2H3,(H,28,30)/t24-,25+/m1/s1. The van der Waals surface area contributed by atoms with Crippen LogP contribution in [-0.4, -0.2) is 48.6 Å². The van der Waals surface area contributed by atoms with Crippen molar-refractivity contribution >= 4 is 17.7 Å². The molecule has 2 aliphatic rings. The summed E-state index contributed by atoms with van der Waals surface area (Å²) in [5, 5.41) is 3.25. The Labute approximate surface area is 194 Å². The van der Waals surface area contributed by atoms with Crippen LogP contribution in [-0.2, 0) is 21.5 Å². The van der Waals surface area contributed by atoms with Gasteiger partial charge < -0.3 is 10.1 Å². The lowest BCUT2D eigenvalue weighted by Gasteiger charge is -2.44. The Balaban J connectivity index is 1.57. The molecule has 2 aromatic carbocycles. The van der Waals surface area contributed by atoms with Crippen LogP contribution in [0.4, 0.5) is 4.39 Å². The molecule has 0 radical (unpaired) electrons. The van der Waals surface area contributed by atoms with E-state index in [1.807, 2.05) is 24.5 Å². The van der Waals surface area contributed by atoms with Gasteiger partial charge in [0.1, 0.15) is 5.82 Å². The first kappa shape index (κ1) is 23.0. The molecular weight excluding hydrogens is 423 g/mol. The maximum Gasteiger partial charge on any atom is 0.230 e. The molecule has 1 spiro atoms. The van der Waals surface area contributed by atoms with Gasteiger partial charge in [-0.2, -0.15) is 11.8 Å². The fourth-order valence-electron chi connectivity index (χ4n) is 5.30. The third-order valence-electron chi connectivity index (χ3n) is 6.73. The molecule has 1 heterocycles. The number of piperidine rings is 1. The fraction of sp³-hybridized carbons (Fsp3) is 0.423. The Hall–Kier alpha value is -2.15. The highest BCUT2D eigenvalue weighted by Crippen LogP contribution is 2.52. The number of likely N-dealkylation sites (tertiary alicyclic amines) is 1. The molecule has 0 bridgehead atoms. The topological polar surface area (TPSA) is 41.6 Å². The normalized spacial score (nSPS) is 21.9. The van der Waals surface area contributed by atoms with E-state index in [0.717, 1.165) is 38.0 Å². The predicted octanol–water partition coefficient (Wildman–Crippen LogP) is 4.46. The van der Waals surface area contributed by atoms with E-state index in [2.05, 4.69) is 35.0 Å². The van der Waals surface area contributed by atoms with Crippen molar-refractivity contribution in [1.29, 1.82) is 0 Å². The minimum Gasteiger partial charge on any atom is -0.371 e. The van der Waals surface area contributed by atoms with E-state index < -0.39 is 0 Å². The van der Waals surface area contributed by atoms with Crippen molar-refractivity contribution in [1.82, 2.24) is 10.2 Å². The molecule has 1 N–H and O–H groups in total. The smallest absolute Gasteiger partial charge is 0.230 e. The Morgan fingerprint density at radius 3 is 2.66 bits per heavy atom. The SMILES string of the molecule is C=CCO[C@H]1[C@H](NC(=O)CSC)c2ccccc2C12CCN(Cc1ccc(F)cc1)CC2. The van der Waals surface area contributed by atoms with Crippen molar-refractivity contribution in [2.75, 3.05) is 31.7 Å². The number of carbonyl (C=O) groups is 1. The number of hydrogen-bond acceptors (Lipinski definition) is 4. The van der Waals surface area contributed by atoms with E-state index in [0.29, 0.717) is 12.4 Å². The highest BCUT2D eigenvalue weighted by Gasteiger charge is 2.54. The molecule has 0 aromatic heterocycles. The molecule has 1 saturated heterocycles. The average molecular weight is 455 g/mol. The zero-order valence-electron chi connectivity index (χ0n) is 18.6. The molecule has 2 aromatic rings. The van der Waals surface area contributed by atoms with Crippen LogP contribution in [0.25, 0.3) is 0 Å². The molecule has 0 unspecified atom stereocenters. The molecule has 170 valence electrons. The number of nitrogens with one attached hydrogen (secondary N) is 1. The number of amides is 1. The third-order valence-corrected chi connectivity index (χ3v) is 7.28. The van der Waals surface area contributed by atoms with Crippen LogP contribution < -0.4 is 5.32 Å². The quantitative estimate of drug-likeness (QED) is 0.598. The second-order valence-corrected chi connectivity index (χ2v) is 9.53. The number of fused-ring (bicyclic) bond motifs is 2. The molecule has 1 amide bonds. The van der Waals surface area contributed by atoms with Gasteiger partial charge in [0.25, 0.3) is 0 Å². The van der Waals surface area contributed by atoms with Gasteiger partial charge in [-0.25, -0.2) is 4.39 Å². The van der Waals surface area contributed by atoms with Gasteiger partial charge in [0, 0.05) is 12.0 Å². The largest absolute Gasteiger partial charge is 0.371 e. The van der Waals surface area contributed by atoms with Gasteiger partial charge in [-0.1, -0.05) is 42.5 Å². The number of benzene rings is 2. The molecule has 0 saturated carbocycles. The molecule has 1 aliphatic heterocycles. The predicted molar refractivity (Wildman–Crippen MR) is 128 cm³/mol. The van der Waals surface area contributed by atoms with E-state index in [-0.39, 0.29) is 29.3 Å². The average Bonchev–Trinajstić information content (AvgIpc) is 3.04. The summed E-state index contributed by atoms with van der Waals surface area (Å²) in [6.07, 6.45) is 5.48. The second kappa shape index (κ2) is 10.2. The summed E-state index contributed by atoms with van der Waals surface area (Å²) < 4.78 is 19.6. The molecule has 2 atom stereocenters. The Morgan fingerprint density at radius 2 is 1.97 bits per heavy atom. The van der Waals surface area contributed by atoms with E-state index in [4.69, 9.17) is 4.74 Å². The lowest BCUT2D eigenvalue weighted by molar-refractivity contribution is -0.121. The summed E-state index contributed by atoms with van der Waals surface area (Å²) in [7, 11) is 0. The summed E-state index contributed by atoms with van der Waals surface area (Å²) in [4.78, 5) is 15.0. The fourth-order valence-corrected chi connectivity index (χ4v) is 5.64. The van der Waals surface area contributed by atoms with Crippen LogP contribution in [0, 0.1) is 5.82 Å². The van der Waals surface area contributed by atoms with E-state index in [1.165, 1.54) is 35.0 Å². The molecule has 32 heavy (non-hydrogen) atoms. The number of hydrogen-bond donors (Lipinski definition) is 1. The Morgan fingerprint density at radius 1 is 1.25 bits per heavy atom.